The van der Waals surface area contributed by atoms with Gasteiger partial charge >= 0.3 is 0 Å². The molecule has 0 saturated carbocycles. The summed E-state index contributed by atoms with van der Waals surface area (Å²) in [5, 5.41) is 18.5. The van der Waals surface area contributed by atoms with Gasteiger partial charge in [-0.3, -0.25) is 15.1 Å². The minimum absolute atomic E-state index is 0.0494. The first-order valence-corrected chi connectivity index (χ1v) is 8.59. The highest BCUT2D eigenvalue weighted by molar-refractivity contribution is 5.70. The van der Waals surface area contributed by atoms with Crippen LogP contribution in [0.25, 0.3) is 22.8 Å². The van der Waals surface area contributed by atoms with Crippen molar-refractivity contribution in [3.05, 3.63) is 52.8 Å². The van der Waals surface area contributed by atoms with Gasteiger partial charge in [0.1, 0.15) is 5.69 Å². The fourth-order valence-electron chi connectivity index (χ4n) is 2.95. The fraction of sp³-hybridized carbons (Fsp3) is 0.278. The summed E-state index contributed by atoms with van der Waals surface area (Å²) >= 11 is 0. The number of benzene rings is 1. The molecule has 3 heterocycles. The van der Waals surface area contributed by atoms with Crippen LogP contribution in [0.4, 0.5) is 11.4 Å². The lowest BCUT2D eigenvalue weighted by molar-refractivity contribution is -0.383. The van der Waals surface area contributed by atoms with Crippen LogP contribution in [0, 0.1) is 10.1 Å². The maximum atomic E-state index is 11.5. The third-order valence-corrected chi connectivity index (χ3v) is 4.33. The Hall–Kier alpha value is -3.33. The molecule has 3 aromatic rings. The Morgan fingerprint density at radius 1 is 1.30 bits per heavy atom. The number of nitro groups is 1. The maximum Gasteiger partial charge on any atom is 0.293 e. The van der Waals surface area contributed by atoms with Crippen LogP contribution in [0.5, 0.6) is 0 Å². The summed E-state index contributed by atoms with van der Waals surface area (Å²) in [7, 11) is 0. The zero-order valence-electron chi connectivity index (χ0n) is 14.4. The molecule has 9 heteroatoms. The van der Waals surface area contributed by atoms with E-state index in [-0.39, 0.29) is 17.7 Å². The number of aromatic nitrogens is 3. The van der Waals surface area contributed by atoms with Crippen LogP contribution < -0.4 is 5.32 Å². The molecule has 1 fully saturated rings. The van der Waals surface area contributed by atoms with Gasteiger partial charge in [0, 0.05) is 42.7 Å². The fourth-order valence-corrected chi connectivity index (χ4v) is 2.95. The number of pyridine rings is 1. The van der Waals surface area contributed by atoms with Crippen molar-refractivity contribution in [3.63, 3.8) is 0 Å². The van der Waals surface area contributed by atoms with Crippen LogP contribution in [0.15, 0.2) is 47.2 Å². The van der Waals surface area contributed by atoms with Gasteiger partial charge < -0.3 is 14.6 Å². The van der Waals surface area contributed by atoms with E-state index in [0.29, 0.717) is 29.2 Å². The van der Waals surface area contributed by atoms with E-state index >= 15 is 0 Å². The van der Waals surface area contributed by atoms with Gasteiger partial charge in [-0.25, -0.2) is 0 Å². The van der Waals surface area contributed by atoms with E-state index in [1.165, 1.54) is 6.07 Å². The van der Waals surface area contributed by atoms with E-state index in [0.717, 1.165) is 19.4 Å². The molecule has 1 saturated heterocycles. The highest BCUT2D eigenvalue weighted by Gasteiger charge is 2.21. The molecular formula is C18H17N5O4. The summed E-state index contributed by atoms with van der Waals surface area (Å²) in [5.74, 6) is 0.587. The highest BCUT2D eigenvalue weighted by Crippen LogP contribution is 2.31. The summed E-state index contributed by atoms with van der Waals surface area (Å²) < 4.78 is 10.8. The lowest BCUT2D eigenvalue weighted by atomic mass is 10.1. The van der Waals surface area contributed by atoms with Crippen molar-refractivity contribution < 1.29 is 14.2 Å². The van der Waals surface area contributed by atoms with E-state index in [1.807, 2.05) is 6.07 Å². The Labute approximate surface area is 154 Å². The van der Waals surface area contributed by atoms with Gasteiger partial charge in [-0.2, -0.15) is 4.98 Å². The third-order valence-electron chi connectivity index (χ3n) is 4.33. The maximum absolute atomic E-state index is 11.5. The standard InChI is InChI=1S/C18H17N5O4/c24-23(25)16-9-12(5-6-15(16)20-11-14-4-2-8-26-14)18-21-17(22-27-18)13-3-1-7-19-10-13/h1,3,5-7,9-10,14,20H,2,4,8,11H2/t14-/m1/s1. The van der Waals surface area contributed by atoms with Gasteiger partial charge in [0.25, 0.3) is 11.6 Å². The van der Waals surface area contributed by atoms with Gasteiger partial charge in [-0.1, -0.05) is 5.16 Å². The van der Waals surface area contributed by atoms with Gasteiger partial charge in [0.05, 0.1) is 11.0 Å². The minimum atomic E-state index is -0.431. The molecule has 1 aliphatic heterocycles. The third kappa shape index (κ3) is 3.77. The number of hydrogen-bond acceptors (Lipinski definition) is 8. The molecular weight excluding hydrogens is 350 g/mol. The summed E-state index contributed by atoms with van der Waals surface area (Å²) in [6.45, 7) is 1.27. The summed E-state index contributed by atoms with van der Waals surface area (Å²) in [5.41, 5.74) is 1.57. The molecule has 27 heavy (non-hydrogen) atoms. The summed E-state index contributed by atoms with van der Waals surface area (Å²) in [6.07, 6.45) is 5.33. The quantitative estimate of drug-likeness (QED) is 0.521. The molecule has 9 nitrogen and oxygen atoms in total. The molecule has 0 spiro atoms. The normalized spacial score (nSPS) is 16.4. The largest absolute Gasteiger partial charge is 0.377 e. The molecule has 0 aliphatic carbocycles. The predicted octanol–water partition coefficient (Wildman–Crippen LogP) is 3.30. The topological polar surface area (TPSA) is 116 Å². The van der Waals surface area contributed by atoms with Crippen LogP contribution in [0.3, 0.4) is 0 Å². The highest BCUT2D eigenvalue weighted by atomic mass is 16.6. The van der Waals surface area contributed by atoms with Crippen molar-refractivity contribution in [2.75, 3.05) is 18.5 Å². The zero-order valence-corrected chi connectivity index (χ0v) is 14.4. The van der Waals surface area contributed by atoms with Crippen molar-refractivity contribution in [1.29, 1.82) is 0 Å². The van der Waals surface area contributed by atoms with Crippen LogP contribution in [-0.4, -0.2) is 39.3 Å². The molecule has 0 radical (unpaired) electrons. The molecule has 0 unspecified atom stereocenters. The van der Waals surface area contributed by atoms with E-state index in [9.17, 15) is 10.1 Å². The van der Waals surface area contributed by atoms with E-state index in [4.69, 9.17) is 9.26 Å². The average molecular weight is 367 g/mol. The van der Waals surface area contributed by atoms with Crippen molar-refractivity contribution in [3.8, 4) is 22.8 Å². The molecule has 0 amide bonds. The Bertz CT molecular complexity index is 938. The predicted molar refractivity (Wildman–Crippen MR) is 97.1 cm³/mol. The van der Waals surface area contributed by atoms with Gasteiger partial charge in [0.15, 0.2) is 0 Å². The molecule has 4 rings (SSSR count). The number of nitro benzene ring substituents is 1. The molecule has 2 aromatic heterocycles. The van der Waals surface area contributed by atoms with E-state index in [2.05, 4.69) is 20.4 Å². The van der Waals surface area contributed by atoms with Crippen LogP contribution >= 0.6 is 0 Å². The second kappa shape index (κ2) is 7.50. The number of hydrogen-bond donors (Lipinski definition) is 1. The summed E-state index contributed by atoms with van der Waals surface area (Å²) in [4.78, 5) is 19.4. The second-order valence-electron chi connectivity index (χ2n) is 6.17. The second-order valence-corrected chi connectivity index (χ2v) is 6.17. The molecule has 1 atom stereocenters. The molecule has 1 aromatic carbocycles. The van der Waals surface area contributed by atoms with Crippen LogP contribution in [0.1, 0.15) is 12.8 Å². The SMILES string of the molecule is O=[N+]([O-])c1cc(-c2nc(-c3cccnc3)no2)ccc1NC[C@H]1CCCO1. The monoisotopic (exact) mass is 367 g/mol. The Morgan fingerprint density at radius 3 is 2.96 bits per heavy atom. The first kappa shape index (κ1) is 17.1. The molecule has 138 valence electrons. The Balaban J connectivity index is 1.57. The molecule has 0 bridgehead atoms. The van der Waals surface area contributed by atoms with E-state index in [1.54, 1.807) is 30.6 Å². The first-order valence-electron chi connectivity index (χ1n) is 8.59. The lowest BCUT2D eigenvalue weighted by Crippen LogP contribution is -2.18. The molecule has 1 N–H and O–H groups in total. The minimum Gasteiger partial charge on any atom is -0.377 e. The lowest BCUT2D eigenvalue weighted by Gasteiger charge is -2.12. The van der Waals surface area contributed by atoms with E-state index < -0.39 is 4.92 Å². The average Bonchev–Trinajstić information content (AvgIpc) is 3.39. The number of nitrogens with zero attached hydrogens (tertiary/aromatic N) is 4. The smallest absolute Gasteiger partial charge is 0.293 e. The van der Waals surface area contributed by atoms with Crippen molar-refractivity contribution >= 4 is 11.4 Å². The Morgan fingerprint density at radius 2 is 2.22 bits per heavy atom. The van der Waals surface area contributed by atoms with Gasteiger partial charge in [-0.15, -0.1) is 0 Å². The van der Waals surface area contributed by atoms with Crippen molar-refractivity contribution in [2.45, 2.75) is 18.9 Å². The Kier molecular flexibility index (Phi) is 4.75. The molecule has 1 aliphatic rings. The van der Waals surface area contributed by atoms with Crippen LogP contribution in [0.2, 0.25) is 0 Å². The summed E-state index contributed by atoms with van der Waals surface area (Å²) in [6, 6.07) is 8.37. The number of anilines is 1. The zero-order chi connectivity index (χ0) is 18.6. The number of rotatable bonds is 6. The van der Waals surface area contributed by atoms with Gasteiger partial charge in [-0.05, 0) is 37.1 Å². The first-order chi connectivity index (χ1) is 13.2. The van der Waals surface area contributed by atoms with Crippen molar-refractivity contribution in [2.24, 2.45) is 0 Å². The van der Waals surface area contributed by atoms with Crippen LogP contribution in [-0.2, 0) is 4.74 Å². The van der Waals surface area contributed by atoms with Crippen molar-refractivity contribution in [1.82, 2.24) is 15.1 Å². The van der Waals surface area contributed by atoms with Gasteiger partial charge in [0.2, 0.25) is 5.82 Å². The number of nitrogens with one attached hydrogen (secondary N) is 1. The number of ether oxygens (including phenoxy) is 1.